The van der Waals surface area contributed by atoms with Crippen LogP contribution in [0.5, 0.6) is 5.75 Å². The van der Waals surface area contributed by atoms with Gasteiger partial charge in [0.2, 0.25) is 5.91 Å². The van der Waals surface area contributed by atoms with Crippen molar-refractivity contribution in [3.63, 3.8) is 0 Å². The molecule has 1 aliphatic heterocycles. The minimum atomic E-state index is -3.99. The number of carbonyl (C=O) groups is 1. The monoisotopic (exact) mass is 689 g/mol. The van der Waals surface area contributed by atoms with Gasteiger partial charge in [-0.05, 0) is 87.0 Å². The van der Waals surface area contributed by atoms with Gasteiger partial charge in [-0.1, -0.05) is 29.8 Å². The van der Waals surface area contributed by atoms with Crippen LogP contribution < -0.4 is 10.3 Å². The molecule has 1 atom stereocenters. The molecular formula is C39H39N5O5S. The molecule has 3 aromatic carbocycles. The summed E-state index contributed by atoms with van der Waals surface area (Å²) in [5, 5.41) is 1.46. The van der Waals surface area contributed by atoms with Gasteiger partial charge in [-0.3, -0.25) is 14.5 Å². The average molecular weight is 690 g/mol. The lowest BCUT2D eigenvalue weighted by molar-refractivity contribution is -0.140. The van der Waals surface area contributed by atoms with Crippen LogP contribution in [0.3, 0.4) is 0 Å². The second kappa shape index (κ2) is 13.2. The summed E-state index contributed by atoms with van der Waals surface area (Å²) >= 11 is 0. The lowest BCUT2D eigenvalue weighted by atomic mass is 10.0. The smallest absolute Gasteiger partial charge is 0.275 e. The Morgan fingerprint density at radius 2 is 1.64 bits per heavy atom. The number of aromatic nitrogens is 3. The first kappa shape index (κ1) is 33.2. The van der Waals surface area contributed by atoms with Gasteiger partial charge < -0.3 is 14.2 Å². The molecule has 0 spiro atoms. The molecule has 1 aliphatic rings. The van der Waals surface area contributed by atoms with Crippen molar-refractivity contribution < 1.29 is 17.9 Å². The SMILES string of the molecule is CCN1CCN(CCOc2ccc(-c3ccc4cc(-c5cn(C)c(=O)c6c5ccn6S(=O)(=O)c5ccc(C)cc5)ccc4n3)cc2)[C@H](C)C1=O. The molecular weight excluding hydrogens is 651 g/mol. The van der Waals surface area contributed by atoms with Crippen LogP contribution in [0.2, 0.25) is 0 Å². The standard InChI is InChI=1S/C39H39N5O5S/c1-5-42-20-21-43(27(3)38(42)45)22-23-49-31-12-8-28(9-13-31)35-17-11-30-24-29(10-16-36(30)40-35)34-25-41(4)39(46)37-33(34)18-19-44(37)50(47,48)32-14-6-26(2)7-15-32/h6-19,24-25,27H,5,20-23H2,1-4H3/t27-/m1/s1. The molecule has 4 heterocycles. The van der Waals surface area contributed by atoms with E-state index >= 15 is 0 Å². The fourth-order valence-electron chi connectivity index (χ4n) is 6.63. The van der Waals surface area contributed by atoms with E-state index in [4.69, 9.17) is 9.72 Å². The van der Waals surface area contributed by atoms with Crippen molar-refractivity contribution in [2.75, 3.05) is 32.8 Å². The Balaban J connectivity index is 1.10. The maximum atomic E-state index is 13.6. The van der Waals surface area contributed by atoms with Crippen LogP contribution in [-0.2, 0) is 21.9 Å². The Morgan fingerprint density at radius 1 is 0.900 bits per heavy atom. The number of piperazine rings is 1. The van der Waals surface area contributed by atoms with Crippen molar-refractivity contribution in [2.24, 2.45) is 7.05 Å². The highest BCUT2D eigenvalue weighted by atomic mass is 32.2. The number of fused-ring (bicyclic) bond motifs is 2. The minimum Gasteiger partial charge on any atom is -0.492 e. The molecule has 3 aromatic heterocycles. The summed E-state index contributed by atoms with van der Waals surface area (Å²) in [7, 11) is -2.36. The van der Waals surface area contributed by atoms with E-state index in [0.29, 0.717) is 18.5 Å². The summed E-state index contributed by atoms with van der Waals surface area (Å²) in [4.78, 5) is 34.9. The van der Waals surface area contributed by atoms with Crippen molar-refractivity contribution in [3.05, 3.63) is 113 Å². The maximum absolute atomic E-state index is 13.6. The Bertz CT molecular complexity index is 2400. The largest absolute Gasteiger partial charge is 0.492 e. The normalized spacial score (nSPS) is 15.6. The fraction of sp³-hybridized carbons (Fsp3) is 0.256. The molecule has 1 amide bonds. The van der Waals surface area contributed by atoms with Crippen molar-refractivity contribution >= 4 is 37.7 Å². The van der Waals surface area contributed by atoms with Crippen LogP contribution in [0.4, 0.5) is 0 Å². The second-order valence-corrected chi connectivity index (χ2v) is 14.6. The van der Waals surface area contributed by atoms with Crippen LogP contribution in [0.1, 0.15) is 19.4 Å². The highest BCUT2D eigenvalue weighted by Gasteiger charge is 2.30. The van der Waals surface area contributed by atoms with E-state index in [9.17, 15) is 18.0 Å². The number of hydrogen-bond donors (Lipinski definition) is 0. The molecule has 6 aromatic rings. The van der Waals surface area contributed by atoms with Crippen molar-refractivity contribution in [2.45, 2.75) is 31.7 Å². The van der Waals surface area contributed by atoms with E-state index in [1.807, 2.05) is 80.3 Å². The van der Waals surface area contributed by atoms with Gasteiger partial charge in [-0.15, -0.1) is 0 Å². The molecule has 1 saturated heterocycles. The van der Waals surface area contributed by atoms with Gasteiger partial charge in [0.05, 0.1) is 22.1 Å². The molecule has 0 unspecified atom stereocenters. The number of aryl methyl sites for hydroxylation is 2. The van der Waals surface area contributed by atoms with Crippen molar-refractivity contribution in [3.8, 4) is 28.1 Å². The molecule has 0 N–H and O–H groups in total. The van der Waals surface area contributed by atoms with Crippen molar-refractivity contribution in [1.82, 2.24) is 23.3 Å². The third kappa shape index (κ3) is 6.07. The van der Waals surface area contributed by atoms with Crippen LogP contribution in [0, 0.1) is 6.92 Å². The van der Waals surface area contributed by atoms with Gasteiger partial charge in [0, 0.05) is 67.5 Å². The average Bonchev–Trinajstić information content (AvgIpc) is 3.58. The number of rotatable bonds is 9. The summed E-state index contributed by atoms with van der Waals surface area (Å²) in [6.45, 7) is 9.38. The first-order chi connectivity index (χ1) is 24.0. The molecule has 0 bridgehead atoms. The molecule has 7 rings (SSSR count). The number of nitrogens with zero attached hydrogens (tertiary/aromatic N) is 5. The predicted octanol–water partition coefficient (Wildman–Crippen LogP) is 5.70. The summed E-state index contributed by atoms with van der Waals surface area (Å²) in [5.41, 5.74) is 4.81. The Morgan fingerprint density at radius 3 is 2.38 bits per heavy atom. The van der Waals surface area contributed by atoms with Gasteiger partial charge in [0.15, 0.2) is 0 Å². The first-order valence-electron chi connectivity index (χ1n) is 16.8. The molecule has 11 heteroatoms. The van der Waals surface area contributed by atoms with Crippen LogP contribution in [0.25, 0.3) is 44.2 Å². The third-order valence-corrected chi connectivity index (χ3v) is 11.3. The van der Waals surface area contributed by atoms with Crippen molar-refractivity contribution in [1.29, 1.82) is 0 Å². The fourth-order valence-corrected chi connectivity index (χ4v) is 7.98. The lowest BCUT2D eigenvalue weighted by Gasteiger charge is -2.38. The van der Waals surface area contributed by atoms with Gasteiger partial charge >= 0.3 is 0 Å². The Hall–Kier alpha value is -5.26. The number of amides is 1. The Labute approximate surface area is 291 Å². The van der Waals surface area contributed by atoms with E-state index in [0.717, 1.165) is 68.2 Å². The highest BCUT2D eigenvalue weighted by molar-refractivity contribution is 7.90. The minimum absolute atomic E-state index is 0.103. The van der Waals surface area contributed by atoms with E-state index in [1.54, 1.807) is 43.6 Å². The quantitative estimate of drug-likeness (QED) is 0.192. The summed E-state index contributed by atoms with van der Waals surface area (Å²) < 4.78 is 35.7. The third-order valence-electron chi connectivity index (χ3n) is 9.62. The van der Waals surface area contributed by atoms with E-state index < -0.39 is 15.6 Å². The summed E-state index contributed by atoms with van der Waals surface area (Å²) in [6.07, 6.45) is 3.19. The van der Waals surface area contributed by atoms with Crippen LogP contribution in [0.15, 0.2) is 107 Å². The molecule has 0 aliphatic carbocycles. The molecule has 1 fully saturated rings. The van der Waals surface area contributed by atoms with Crippen LogP contribution in [-0.4, -0.2) is 76.5 Å². The predicted molar refractivity (Wildman–Crippen MR) is 196 cm³/mol. The van der Waals surface area contributed by atoms with E-state index in [2.05, 4.69) is 4.90 Å². The van der Waals surface area contributed by atoms with E-state index in [-0.39, 0.29) is 22.4 Å². The van der Waals surface area contributed by atoms with Gasteiger partial charge in [-0.25, -0.2) is 17.4 Å². The molecule has 0 radical (unpaired) electrons. The number of hydrogen-bond acceptors (Lipinski definition) is 7. The topological polar surface area (TPSA) is 107 Å². The van der Waals surface area contributed by atoms with E-state index in [1.165, 1.54) is 10.8 Å². The Kier molecular flexibility index (Phi) is 8.79. The van der Waals surface area contributed by atoms with Gasteiger partial charge in [0.1, 0.15) is 17.9 Å². The van der Waals surface area contributed by atoms with Gasteiger partial charge in [0.25, 0.3) is 15.6 Å². The molecule has 256 valence electrons. The number of carbonyl (C=O) groups excluding carboxylic acids is 1. The van der Waals surface area contributed by atoms with Gasteiger partial charge in [-0.2, -0.15) is 0 Å². The summed E-state index contributed by atoms with van der Waals surface area (Å²) in [5.74, 6) is 0.933. The number of pyridine rings is 2. The first-order valence-corrected chi connectivity index (χ1v) is 18.2. The number of ether oxygens (including phenoxy) is 1. The number of likely N-dealkylation sites (N-methyl/N-ethyl adjacent to an activating group) is 1. The number of benzene rings is 3. The maximum Gasteiger partial charge on any atom is 0.275 e. The second-order valence-electron chi connectivity index (χ2n) is 12.8. The van der Waals surface area contributed by atoms with Crippen LogP contribution >= 0.6 is 0 Å². The molecule has 0 saturated carbocycles. The zero-order chi connectivity index (χ0) is 35.2. The molecule has 50 heavy (non-hydrogen) atoms. The zero-order valence-corrected chi connectivity index (χ0v) is 29.4. The summed E-state index contributed by atoms with van der Waals surface area (Å²) in [6, 6.07) is 25.9. The molecule has 10 nitrogen and oxygen atoms in total. The highest BCUT2D eigenvalue weighted by Crippen LogP contribution is 2.32. The zero-order valence-electron chi connectivity index (χ0n) is 28.5. The lowest BCUT2D eigenvalue weighted by Crippen LogP contribution is -2.56.